The van der Waals surface area contributed by atoms with Gasteiger partial charge < -0.3 is 0 Å². The number of unbranched alkanes of at least 4 members (excludes halogenated alkanes) is 4. The van der Waals surface area contributed by atoms with E-state index in [9.17, 15) is 0 Å². The third-order valence-electron chi connectivity index (χ3n) is 3.05. The van der Waals surface area contributed by atoms with Crippen molar-refractivity contribution < 1.29 is 0 Å². The van der Waals surface area contributed by atoms with E-state index < -0.39 is 0 Å². The van der Waals surface area contributed by atoms with E-state index in [0.717, 1.165) is 25.7 Å². The highest BCUT2D eigenvalue weighted by Crippen LogP contribution is 2.23. The molecule has 0 saturated carbocycles. The first-order chi connectivity index (χ1) is 7.79. The highest BCUT2D eigenvalue weighted by molar-refractivity contribution is 4.97. The van der Waals surface area contributed by atoms with E-state index in [0.29, 0.717) is 0 Å². The normalized spacial score (nSPS) is 13.8. The summed E-state index contributed by atoms with van der Waals surface area (Å²) in [6.07, 6.45) is 8.65. The minimum atomic E-state index is -0.0478. The maximum Gasteiger partial charge on any atom is 0.0669 e. The zero-order chi connectivity index (χ0) is 12.2. The van der Waals surface area contributed by atoms with Crippen molar-refractivity contribution in [3.63, 3.8) is 0 Å². The first kappa shape index (κ1) is 15.0. The topological polar surface area (TPSA) is 47.6 Å². The van der Waals surface area contributed by atoms with E-state index >= 15 is 0 Å². The summed E-state index contributed by atoms with van der Waals surface area (Å²) < 4.78 is 0. The van der Waals surface area contributed by atoms with Crippen molar-refractivity contribution in [2.75, 3.05) is 0 Å². The van der Waals surface area contributed by atoms with Crippen LogP contribution < -0.4 is 0 Å². The van der Waals surface area contributed by atoms with E-state index in [-0.39, 0.29) is 11.8 Å². The molecule has 0 aromatic carbocycles. The largest absolute Gasteiger partial charge is 0.198 e. The Morgan fingerprint density at radius 2 is 1.12 bits per heavy atom. The van der Waals surface area contributed by atoms with Gasteiger partial charge in [0.15, 0.2) is 0 Å². The van der Waals surface area contributed by atoms with Crippen LogP contribution in [0.25, 0.3) is 0 Å². The van der Waals surface area contributed by atoms with Crippen LogP contribution in [-0.2, 0) is 0 Å². The molecule has 0 aliphatic carbocycles. The molecule has 2 atom stereocenters. The van der Waals surface area contributed by atoms with Gasteiger partial charge in [0.2, 0.25) is 0 Å². The van der Waals surface area contributed by atoms with E-state index in [1.807, 2.05) is 0 Å². The molecule has 2 nitrogen and oxygen atoms in total. The highest BCUT2D eigenvalue weighted by Gasteiger charge is 2.19. The summed E-state index contributed by atoms with van der Waals surface area (Å²) in [5, 5.41) is 18.2. The first-order valence-electron chi connectivity index (χ1n) is 6.59. The maximum absolute atomic E-state index is 9.08. The lowest BCUT2D eigenvalue weighted by Gasteiger charge is -2.14. The third kappa shape index (κ3) is 6.46. The van der Waals surface area contributed by atoms with Gasteiger partial charge in [0.25, 0.3) is 0 Å². The Kier molecular flexibility index (Phi) is 9.83. The van der Waals surface area contributed by atoms with E-state index in [2.05, 4.69) is 26.0 Å². The van der Waals surface area contributed by atoms with E-state index in [1.165, 1.54) is 25.7 Å². The van der Waals surface area contributed by atoms with Crippen LogP contribution in [0, 0.1) is 34.5 Å². The monoisotopic (exact) mass is 220 g/mol. The van der Waals surface area contributed by atoms with E-state index in [1.54, 1.807) is 0 Å². The Morgan fingerprint density at radius 1 is 0.750 bits per heavy atom. The zero-order valence-electron chi connectivity index (χ0n) is 10.7. The fraction of sp³-hybridized carbons (Fsp3) is 0.857. The molecule has 0 N–H and O–H groups in total. The molecule has 0 aliphatic heterocycles. The first-order valence-corrected chi connectivity index (χ1v) is 6.59. The maximum atomic E-state index is 9.08. The molecule has 2 unspecified atom stereocenters. The average Bonchev–Trinajstić information content (AvgIpc) is 2.31. The summed E-state index contributed by atoms with van der Waals surface area (Å²) in [5.74, 6) is -0.0955. The van der Waals surface area contributed by atoms with Crippen LogP contribution >= 0.6 is 0 Å². The summed E-state index contributed by atoms with van der Waals surface area (Å²) in [6.45, 7) is 4.31. The molecule has 0 aromatic heterocycles. The highest BCUT2D eigenvalue weighted by atomic mass is 14.3. The second-order valence-corrected chi connectivity index (χ2v) is 4.46. The summed E-state index contributed by atoms with van der Waals surface area (Å²) in [4.78, 5) is 0. The second kappa shape index (κ2) is 10.5. The van der Waals surface area contributed by atoms with Crippen LogP contribution in [0.3, 0.4) is 0 Å². The molecule has 0 heterocycles. The molecule has 0 rings (SSSR count). The quantitative estimate of drug-likeness (QED) is 0.540. The van der Waals surface area contributed by atoms with Gasteiger partial charge in [0.05, 0.1) is 24.0 Å². The molecule has 0 aromatic rings. The predicted octanol–water partition coefficient (Wildman–Crippen LogP) is 4.43. The zero-order valence-corrected chi connectivity index (χ0v) is 10.7. The Hall–Kier alpha value is -1.02. The number of hydrogen-bond donors (Lipinski definition) is 0. The van der Waals surface area contributed by atoms with Gasteiger partial charge in [-0.1, -0.05) is 52.4 Å². The van der Waals surface area contributed by atoms with Gasteiger partial charge in [-0.3, -0.25) is 0 Å². The van der Waals surface area contributed by atoms with Gasteiger partial charge in [-0.2, -0.15) is 10.5 Å². The molecular weight excluding hydrogens is 196 g/mol. The molecule has 2 heteroatoms. The Labute approximate surface area is 100 Å². The lowest BCUT2D eigenvalue weighted by atomic mass is 9.86. The molecule has 0 radical (unpaired) electrons. The van der Waals surface area contributed by atoms with Gasteiger partial charge in [0, 0.05) is 0 Å². The summed E-state index contributed by atoms with van der Waals surface area (Å²) in [7, 11) is 0. The minimum Gasteiger partial charge on any atom is -0.198 e. The predicted molar refractivity (Wildman–Crippen MR) is 66.5 cm³/mol. The van der Waals surface area contributed by atoms with Crippen LogP contribution in [0.1, 0.15) is 65.2 Å². The summed E-state index contributed by atoms with van der Waals surface area (Å²) in [6, 6.07) is 4.63. The third-order valence-corrected chi connectivity index (χ3v) is 3.05. The molecule has 0 amide bonds. The van der Waals surface area contributed by atoms with Crippen LogP contribution in [-0.4, -0.2) is 0 Å². The number of nitrogens with zero attached hydrogens (tertiary/aromatic N) is 2. The Morgan fingerprint density at radius 3 is 1.38 bits per heavy atom. The molecule has 0 saturated heterocycles. The molecule has 90 valence electrons. The molecular formula is C14H24N2. The van der Waals surface area contributed by atoms with Gasteiger partial charge >= 0.3 is 0 Å². The molecule has 16 heavy (non-hydrogen) atoms. The molecule has 0 fully saturated rings. The van der Waals surface area contributed by atoms with Crippen molar-refractivity contribution in [3.05, 3.63) is 0 Å². The second-order valence-electron chi connectivity index (χ2n) is 4.46. The van der Waals surface area contributed by atoms with Crippen molar-refractivity contribution in [2.45, 2.75) is 65.2 Å². The van der Waals surface area contributed by atoms with Crippen molar-refractivity contribution in [1.82, 2.24) is 0 Å². The van der Waals surface area contributed by atoms with Crippen molar-refractivity contribution in [1.29, 1.82) is 10.5 Å². The summed E-state index contributed by atoms with van der Waals surface area (Å²) >= 11 is 0. The number of nitriles is 2. The van der Waals surface area contributed by atoms with Gasteiger partial charge in [-0.05, 0) is 12.8 Å². The minimum absolute atomic E-state index is 0.0478. The van der Waals surface area contributed by atoms with Crippen molar-refractivity contribution >= 4 is 0 Å². The molecule has 0 bridgehead atoms. The van der Waals surface area contributed by atoms with Gasteiger partial charge in [0.1, 0.15) is 0 Å². The fourth-order valence-electron chi connectivity index (χ4n) is 1.94. The van der Waals surface area contributed by atoms with Crippen LogP contribution in [0.15, 0.2) is 0 Å². The number of hydrogen-bond acceptors (Lipinski definition) is 2. The smallest absolute Gasteiger partial charge is 0.0669 e. The molecule has 0 spiro atoms. The standard InChI is InChI=1S/C14H24N2/c1-3-5-7-9-13(11-15)14(12-16)10-8-6-4-2/h13-14H,3-10H2,1-2H3. The van der Waals surface area contributed by atoms with Crippen molar-refractivity contribution in [2.24, 2.45) is 11.8 Å². The lowest BCUT2D eigenvalue weighted by molar-refractivity contribution is 0.407. The van der Waals surface area contributed by atoms with Gasteiger partial charge in [-0.25, -0.2) is 0 Å². The van der Waals surface area contributed by atoms with E-state index in [4.69, 9.17) is 10.5 Å². The SMILES string of the molecule is CCCCCC(C#N)C(C#N)CCCCC. The van der Waals surface area contributed by atoms with Crippen LogP contribution in [0.4, 0.5) is 0 Å². The van der Waals surface area contributed by atoms with Gasteiger partial charge in [-0.15, -0.1) is 0 Å². The molecule has 0 aliphatic rings. The number of rotatable bonds is 9. The Balaban J connectivity index is 3.98. The van der Waals surface area contributed by atoms with Crippen LogP contribution in [0.5, 0.6) is 0 Å². The van der Waals surface area contributed by atoms with Crippen LogP contribution in [0.2, 0.25) is 0 Å². The average molecular weight is 220 g/mol. The lowest BCUT2D eigenvalue weighted by Crippen LogP contribution is -2.11. The Bertz CT molecular complexity index is 208. The fourth-order valence-corrected chi connectivity index (χ4v) is 1.94. The van der Waals surface area contributed by atoms with Crippen molar-refractivity contribution in [3.8, 4) is 12.1 Å². The summed E-state index contributed by atoms with van der Waals surface area (Å²) in [5.41, 5.74) is 0.